The zero-order valence-corrected chi connectivity index (χ0v) is 18.5. The molecule has 0 amide bonds. The molecule has 1 atom stereocenters. The van der Waals surface area contributed by atoms with Crippen molar-refractivity contribution in [1.29, 1.82) is 0 Å². The highest BCUT2D eigenvalue weighted by atomic mass is 35.5. The fraction of sp³-hybridized carbons (Fsp3) is 0.0833. The summed E-state index contributed by atoms with van der Waals surface area (Å²) in [6.45, 7) is 1.18. The lowest BCUT2D eigenvalue weighted by molar-refractivity contribution is 0.255. The molecule has 1 aliphatic heterocycles. The second-order valence-corrected chi connectivity index (χ2v) is 8.38. The molecular formula is C24H17BCl2N2O3. The van der Waals surface area contributed by atoms with E-state index in [1.165, 1.54) is 0 Å². The van der Waals surface area contributed by atoms with E-state index in [0.717, 1.165) is 22.2 Å². The third-order valence-corrected chi connectivity index (χ3v) is 5.79. The molecule has 1 N–H and O–H groups in total. The Balaban J connectivity index is 1.58. The van der Waals surface area contributed by atoms with Crippen LogP contribution < -0.4 is 10.2 Å². The second-order valence-electron chi connectivity index (χ2n) is 7.54. The minimum Gasteiger partial charge on any atom is -0.479 e. The predicted octanol–water partition coefficient (Wildman–Crippen LogP) is 5.54. The first-order chi connectivity index (χ1) is 15.5. The molecule has 0 fully saturated rings. The lowest BCUT2D eigenvalue weighted by atomic mass is 9.64. The molecule has 0 spiro atoms. The van der Waals surface area contributed by atoms with Gasteiger partial charge in [-0.1, -0.05) is 89.8 Å². The number of halogens is 2. The van der Waals surface area contributed by atoms with Crippen molar-refractivity contribution in [3.05, 3.63) is 93.8 Å². The Kier molecular flexibility index (Phi) is 5.51. The zero-order chi connectivity index (χ0) is 22.2. The highest BCUT2D eigenvalue weighted by Gasteiger charge is 2.31. The van der Waals surface area contributed by atoms with Crippen LogP contribution in [0.5, 0.6) is 5.75 Å². The summed E-state index contributed by atoms with van der Waals surface area (Å²) in [7, 11) is 0. The maximum Gasteiger partial charge on any atom is 0.320 e. The van der Waals surface area contributed by atoms with Gasteiger partial charge in [0.2, 0.25) is 5.82 Å². The molecule has 0 aliphatic carbocycles. The Labute approximate surface area is 195 Å². The topological polar surface area (TPSA) is 68.4 Å². The Morgan fingerprint density at radius 2 is 1.75 bits per heavy atom. The van der Waals surface area contributed by atoms with Crippen molar-refractivity contribution in [1.82, 2.24) is 10.1 Å². The summed E-state index contributed by atoms with van der Waals surface area (Å²) < 4.78 is 12.0. The van der Waals surface area contributed by atoms with Gasteiger partial charge in [-0.25, -0.2) is 0 Å². The van der Waals surface area contributed by atoms with E-state index in [-0.39, 0.29) is 0 Å². The van der Waals surface area contributed by atoms with Crippen LogP contribution in [0.1, 0.15) is 23.1 Å². The van der Waals surface area contributed by atoms with Crippen molar-refractivity contribution >= 4 is 47.2 Å². The van der Waals surface area contributed by atoms with Crippen molar-refractivity contribution in [3.8, 4) is 17.1 Å². The standard InChI is InChI=1S/C24H17BCl2N2O3/c1-25(30)17-9-7-15(8-10-17)23-28-24(32-29-23)19-12-16-11-18(26)13-20(27)22(16)31-21(19)14-5-3-2-4-6-14/h2-13,21,30H,1H3. The number of fused-ring (bicyclic) bond motifs is 1. The SMILES string of the molecule is CB(O)c1ccc(-c2noc(C3=Cc4cc(Cl)cc(Cl)c4OC3c3ccccc3)n2)cc1. The smallest absolute Gasteiger partial charge is 0.320 e. The van der Waals surface area contributed by atoms with E-state index in [1.54, 1.807) is 19.0 Å². The molecule has 1 unspecified atom stereocenters. The van der Waals surface area contributed by atoms with Crippen molar-refractivity contribution in [2.24, 2.45) is 0 Å². The lowest BCUT2D eigenvalue weighted by Crippen LogP contribution is -2.25. The summed E-state index contributed by atoms with van der Waals surface area (Å²) in [6.07, 6.45) is 1.44. The van der Waals surface area contributed by atoms with Crippen LogP contribution >= 0.6 is 23.2 Å². The van der Waals surface area contributed by atoms with E-state index < -0.39 is 13.0 Å². The fourth-order valence-electron chi connectivity index (χ4n) is 3.65. The van der Waals surface area contributed by atoms with Gasteiger partial charge in [-0.15, -0.1) is 0 Å². The van der Waals surface area contributed by atoms with Gasteiger partial charge in [-0.3, -0.25) is 0 Å². The fourth-order valence-corrected chi connectivity index (χ4v) is 4.21. The van der Waals surface area contributed by atoms with Gasteiger partial charge >= 0.3 is 6.92 Å². The van der Waals surface area contributed by atoms with Crippen LogP contribution in [0.4, 0.5) is 0 Å². The Morgan fingerprint density at radius 3 is 2.47 bits per heavy atom. The average Bonchev–Trinajstić information content (AvgIpc) is 3.29. The van der Waals surface area contributed by atoms with Crippen LogP contribution in [0.25, 0.3) is 23.0 Å². The molecule has 0 saturated heterocycles. The minimum atomic E-state index is -0.542. The predicted molar refractivity (Wildman–Crippen MR) is 127 cm³/mol. The summed E-state index contributed by atoms with van der Waals surface area (Å²) in [5, 5.41) is 14.8. The third kappa shape index (κ3) is 3.93. The van der Waals surface area contributed by atoms with Crippen LogP contribution in [0.2, 0.25) is 16.9 Å². The van der Waals surface area contributed by atoms with E-state index in [4.69, 9.17) is 32.5 Å². The van der Waals surface area contributed by atoms with Gasteiger partial charge in [-0.2, -0.15) is 4.98 Å². The molecule has 0 radical (unpaired) electrons. The summed E-state index contributed by atoms with van der Waals surface area (Å²) in [4.78, 5) is 4.62. The number of ether oxygens (including phenoxy) is 1. The molecule has 8 heteroatoms. The molecule has 1 aromatic heterocycles. The van der Waals surface area contributed by atoms with E-state index in [2.05, 4.69) is 10.1 Å². The monoisotopic (exact) mass is 462 g/mol. The Morgan fingerprint density at radius 1 is 1.00 bits per heavy atom. The van der Waals surface area contributed by atoms with Gasteiger partial charge in [0.1, 0.15) is 5.75 Å². The molecule has 158 valence electrons. The normalized spacial score (nSPS) is 15.0. The quantitative estimate of drug-likeness (QED) is 0.403. The van der Waals surface area contributed by atoms with Gasteiger partial charge in [0.15, 0.2) is 6.10 Å². The van der Waals surface area contributed by atoms with Crippen molar-refractivity contribution in [3.63, 3.8) is 0 Å². The maximum absolute atomic E-state index is 9.73. The van der Waals surface area contributed by atoms with Crippen LogP contribution in [0.15, 0.2) is 71.3 Å². The first-order valence-electron chi connectivity index (χ1n) is 10.0. The van der Waals surface area contributed by atoms with Crippen molar-refractivity contribution < 1.29 is 14.3 Å². The van der Waals surface area contributed by atoms with Gasteiger partial charge in [0, 0.05) is 16.1 Å². The van der Waals surface area contributed by atoms with E-state index in [9.17, 15) is 5.02 Å². The van der Waals surface area contributed by atoms with Gasteiger partial charge in [0.25, 0.3) is 5.89 Å². The number of benzene rings is 3. The molecular weight excluding hydrogens is 446 g/mol. The minimum absolute atomic E-state index is 0.343. The number of hydrogen-bond acceptors (Lipinski definition) is 5. The van der Waals surface area contributed by atoms with E-state index >= 15 is 0 Å². The zero-order valence-electron chi connectivity index (χ0n) is 17.0. The first kappa shape index (κ1) is 20.8. The van der Waals surface area contributed by atoms with E-state index in [1.807, 2.05) is 60.7 Å². The summed E-state index contributed by atoms with van der Waals surface area (Å²) in [5.41, 5.74) is 3.98. The number of rotatable bonds is 4. The molecule has 0 bridgehead atoms. The van der Waals surface area contributed by atoms with E-state index in [0.29, 0.717) is 33.1 Å². The Hall–Kier alpha value is -3.06. The van der Waals surface area contributed by atoms with Crippen LogP contribution in [0.3, 0.4) is 0 Å². The lowest BCUT2D eigenvalue weighted by Gasteiger charge is -2.27. The molecule has 2 heterocycles. The summed E-state index contributed by atoms with van der Waals surface area (Å²) >= 11 is 12.6. The molecule has 4 aromatic rings. The first-order valence-corrected chi connectivity index (χ1v) is 10.8. The van der Waals surface area contributed by atoms with Crippen LogP contribution in [0, 0.1) is 0 Å². The highest BCUT2D eigenvalue weighted by molar-refractivity contribution is 6.64. The van der Waals surface area contributed by atoms with Gasteiger partial charge < -0.3 is 14.3 Å². The average molecular weight is 463 g/mol. The molecule has 5 rings (SSSR count). The maximum atomic E-state index is 9.73. The van der Waals surface area contributed by atoms with Crippen LogP contribution in [-0.4, -0.2) is 22.1 Å². The molecule has 0 saturated carbocycles. The third-order valence-electron chi connectivity index (χ3n) is 5.29. The highest BCUT2D eigenvalue weighted by Crippen LogP contribution is 2.45. The Bertz CT molecular complexity index is 1300. The summed E-state index contributed by atoms with van der Waals surface area (Å²) in [5.74, 6) is 1.34. The van der Waals surface area contributed by atoms with Crippen molar-refractivity contribution in [2.45, 2.75) is 12.9 Å². The van der Waals surface area contributed by atoms with Crippen molar-refractivity contribution in [2.75, 3.05) is 0 Å². The largest absolute Gasteiger partial charge is 0.479 e. The molecule has 5 nitrogen and oxygen atoms in total. The van der Waals surface area contributed by atoms with Crippen LogP contribution in [-0.2, 0) is 0 Å². The second kappa shape index (κ2) is 8.47. The van der Waals surface area contributed by atoms with Gasteiger partial charge in [-0.05, 0) is 29.2 Å². The molecule has 3 aromatic carbocycles. The van der Waals surface area contributed by atoms with Gasteiger partial charge in [0.05, 0.1) is 10.6 Å². The molecule has 1 aliphatic rings. The summed E-state index contributed by atoms with van der Waals surface area (Å²) in [6, 6.07) is 20.6. The number of nitrogens with zero attached hydrogens (tertiary/aromatic N) is 2. The number of aromatic nitrogens is 2. The number of hydrogen-bond donors (Lipinski definition) is 1. The molecule has 32 heavy (non-hydrogen) atoms.